The molecule has 0 aromatic carbocycles. The Balaban J connectivity index is 2.63. The Kier molecular flexibility index (Phi) is 5.29. The Morgan fingerprint density at radius 2 is 2.00 bits per heavy atom. The summed E-state index contributed by atoms with van der Waals surface area (Å²) < 4.78 is 0. The molecule has 0 spiro atoms. The van der Waals surface area contributed by atoms with Gasteiger partial charge in [0.2, 0.25) is 0 Å². The van der Waals surface area contributed by atoms with Gasteiger partial charge in [-0.25, -0.2) is 0 Å². The molecular formula is C15H27N3. The van der Waals surface area contributed by atoms with Crippen molar-refractivity contribution in [3.05, 3.63) is 29.6 Å². The van der Waals surface area contributed by atoms with E-state index in [1.165, 1.54) is 0 Å². The fourth-order valence-corrected chi connectivity index (χ4v) is 1.77. The maximum Gasteiger partial charge on any atom is 0.0547 e. The third-order valence-electron chi connectivity index (χ3n) is 3.35. The SMILES string of the molecule is CCN(Cc1cccc(C)n1)C[C@H](N)C(C)(C)C. The summed E-state index contributed by atoms with van der Waals surface area (Å²) >= 11 is 0. The van der Waals surface area contributed by atoms with Crippen LogP contribution in [0.25, 0.3) is 0 Å². The molecule has 0 amide bonds. The van der Waals surface area contributed by atoms with Crippen LogP contribution in [0.15, 0.2) is 18.2 Å². The Morgan fingerprint density at radius 1 is 1.33 bits per heavy atom. The molecule has 0 aliphatic rings. The average molecular weight is 249 g/mol. The smallest absolute Gasteiger partial charge is 0.0547 e. The quantitative estimate of drug-likeness (QED) is 0.872. The monoisotopic (exact) mass is 249 g/mol. The predicted octanol–water partition coefficient (Wildman–Crippen LogP) is 2.59. The van der Waals surface area contributed by atoms with Crippen LogP contribution in [0.2, 0.25) is 0 Å². The number of likely N-dealkylation sites (N-methyl/N-ethyl adjacent to an activating group) is 1. The van der Waals surface area contributed by atoms with Gasteiger partial charge in [0, 0.05) is 24.8 Å². The van der Waals surface area contributed by atoms with Crippen molar-refractivity contribution < 1.29 is 0 Å². The molecule has 0 radical (unpaired) electrons. The van der Waals surface area contributed by atoms with Crippen LogP contribution in [-0.2, 0) is 6.54 Å². The van der Waals surface area contributed by atoms with Gasteiger partial charge in [0.1, 0.15) is 0 Å². The third kappa shape index (κ3) is 4.75. The Labute approximate surface area is 111 Å². The van der Waals surface area contributed by atoms with Gasteiger partial charge in [0.25, 0.3) is 0 Å². The fraction of sp³-hybridized carbons (Fsp3) is 0.667. The summed E-state index contributed by atoms with van der Waals surface area (Å²) in [5.74, 6) is 0. The first-order chi connectivity index (χ1) is 8.32. The van der Waals surface area contributed by atoms with Crippen LogP contribution in [0.3, 0.4) is 0 Å². The van der Waals surface area contributed by atoms with Crippen molar-refractivity contribution in [3.63, 3.8) is 0 Å². The van der Waals surface area contributed by atoms with E-state index in [2.05, 4.69) is 49.7 Å². The van der Waals surface area contributed by atoms with Gasteiger partial charge in [-0.15, -0.1) is 0 Å². The van der Waals surface area contributed by atoms with Crippen LogP contribution in [0.5, 0.6) is 0 Å². The van der Waals surface area contributed by atoms with Crippen LogP contribution >= 0.6 is 0 Å². The molecule has 3 nitrogen and oxygen atoms in total. The summed E-state index contributed by atoms with van der Waals surface area (Å²) in [7, 11) is 0. The van der Waals surface area contributed by atoms with Crippen LogP contribution in [0.4, 0.5) is 0 Å². The second-order valence-corrected chi connectivity index (χ2v) is 6.07. The zero-order chi connectivity index (χ0) is 13.8. The van der Waals surface area contributed by atoms with Crippen molar-refractivity contribution in [1.82, 2.24) is 9.88 Å². The summed E-state index contributed by atoms with van der Waals surface area (Å²) in [4.78, 5) is 6.91. The lowest BCUT2D eigenvalue weighted by molar-refractivity contribution is 0.198. The molecule has 1 aromatic heterocycles. The first-order valence-electron chi connectivity index (χ1n) is 6.73. The predicted molar refractivity (Wildman–Crippen MR) is 77.4 cm³/mol. The van der Waals surface area contributed by atoms with Crippen molar-refractivity contribution in [2.45, 2.75) is 47.2 Å². The van der Waals surface area contributed by atoms with Crippen LogP contribution in [0, 0.1) is 12.3 Å². The highest BCUT2D eigenvalue weighted by Crippen LogP contribution is 2.18. The minimum Gasteiger partial charge on any atom is -0.326 e. The molecule has 0 fully saturated rings. The number of nitrogens with zero attached hydrogens (tertiary/aromatic N) is 2. The molecule has 102 valence electrons. The highest BCUT2D eigenvalue weighted by molar-refractivity contribution is 5.09. The van der Waals surface area contributed by atoms with E-state index in [1.807, 2.05) is 13.0 Å². The molecular weight excluding hydrogens is 222 g/mol. The number of aryl methyl sites for hydroxylation is 1. The molecule has 1 heterocycles. The van der Waals surface area contributed by atoms with E-state index >= 15 is 0 Å². The zero-order valence-electron chi connectivity index (χ0n) is 12.4. The van der Waals surface area contributed by atoms with Gasteiger partial charge in [-0.05, 0) is 31.0 Å². The van der Waals surface area contributed by atoms with Crippen molar-refractivity contribution in [1.29, 1.82) is 0 Å². The van der Waals surface area contributed by atoms with Gasteiger partial charge in [-0.2, -0.15) is 0 Å². The molecule has 1 atom stereocenters. The highest BCUT2D eigenvalue weighted by atomic mass is 15.1. The fourth-order valence-electron chi connectivity index (χ4n) is 1.77. The van der Waals surface area contributed by atoms with Gasteiger partial charge in [0.15, 0.2) is 0 Å². The number of pyridine rings is 1. The van der Waals surface area contributed by atoms with E-state index in [0.29, 0.717) is 0 Å². The molecule has 18 heavy (non-hydrogen) atoms. The van der Waals surface area contributed by atoms with Gasteiger partial charge < -0.3 is 5.73 Å². The summed E-state index contributed by atoms with van der Waals surface area (Å²) in [5.41, 5.74) is 8.59. The van der Waals surface area contributed by atoms with Crippen molar-refractivity contribution in [2.75, 3.05) is 13.1 Å². The van der Waals surface area contributed by atoms with Gasteiger partial charge in [-0.3, -0.25) is 9.88 Å². The molecule has 0 saturated carbocycles. The Hall–Kier alpha value is -0.930. The molecule has 0 unspecified atom stereocenters. The second-order valence-electron chi connectivity index (χ2n) is 6.07. The van der Waals surface area contributed by atoms with E-state index in [0.717, 1.165) is 31.0 Å². The zero-order valence-corrected chi connectivity index (χ0v) is 12.4. The van der Waals surface area contributed by atoms with Gasteiger partial charge in [-0.1, -0.05) is 33.8 Å². The molecule has 0 aliphatic carbocycles. The summed E-state index contributed by atoms with van der Waals surface area (Å²) in [6, 6.07) is 6.36. The van der Waals surface area contributed by atoms with E-state index in [-0.39, 0.29) is 11.5 Å². The number of nitrogens with two attached hydrogens (primary N) is 1. The largest absolute Gasteiger partial charge is 0.326 e. The van der Waals surface area contributed by atoms with Crippen LogP contribution < -0.4 is 5.73 Å². The van der Waals surface area contributed by atoms with Crippen molar-refractivity contribution >= 4 is 0 Å². The normalized spacial score (nSPS) is 13.9. The average Bonchev–Trinajstić information content (AvgIpc) is 2.26. The molecule has 1 aromatic rings. The Bertz CT molecular complexity index is 368. The third-order valence-corrected chi connectivity index (χ3v) is 3.35. The molecule has 0 bridgehead atoms. The lowest BCUT2D eigenvalue weighted by Gasteiger charge is -2.32. The van der Waals surface area contributed by atoms with Crippen LogP contribution in [0.1, 0.15) is 39.1 Å². The number of hydrogen-bond donors (Lipinski definition) is 1. The van der Waals surface area contributed by atoms with E-state index in [4.69, 9.17) is 5.73 Å². The van der Waals surface area contributed by atoms with Gasteiger partial charge >= 0.3 is 0 Å². The topological polar surface area (TPSA) is 42.2 Å². The molecule has 0 aliphatic heterocycles. The maximum absolute atomic E-state index is 6.25. The number of rotatable bonds is 5. The van der Waals surface area contributed by atoms with E-state index in [1.54, 1.807) is 0 Å². The summed E-state index contributed by atoms with van der Waals surface area (Å²) in [6.07, 6.45) is 0. The van der Waals surface area contributed by atoms with Crippen molar-refractivity contribution in [2.24, 2.45) is 11.1 Å². The highest BCUT2D eigenvalue weighted by Gasteiger charge is 2.22. The summed E-state index contributed by atoms with van der Waals surface area (Å²) in [5, 5.41) is 0. The summed E-state index contributed by atoms with van der Waals surface area (Å²) in [6.45, 7) is 13.6. The second kappa shape index (κ2) is 6.30. The molecule has 1 rings (SSSR count). The van der Waals surface area contributed by atoms with E-state index < -0.39 is 0 Å². The maximum atomic E-state index is 6.25. The first kappa shape index (κ1) is 15.1. The van der Waals surface area contributed by atoms with Gasteiger partial charge in [0.05, 0.1) is 5.69 Å². The lowest BCUT2D eigenvalue weighted by Crippen LogP contribution is -2.45. The molecule has 0 saturated heterocycles. The standard InChI is InChI=1S/C15H27N3/c1-6-18(11-14(16)15(3,4)5)10-13-9-7-8-12(2)17-13/h7-9,14H,6,10-11,16H2,1-5H3/t14-/m0/s1. The lowest BCUT2D eigenvalue weighted by atomic mass is 9.87. The minimum absolute atomic E-state index is 0.146. The first-order valence-corrected chi connectivity index (χ1v) is 6.73. The van der Waals surface area contributed by atoms with Crippen LogP contribution in [-0.4, -0.2) is 29.0 Å². The Morgan fingerprint density at radius 3 is 2.50 bits per heavy atom. The van der Waals surface area contributed by atoms with Crippen molar-refractivity contribution in [3.8, 4) is 0 Å². The van der Waals surface area contributed by atoms with E-state index in [9.17, 15) is 0 Å². The number of hydrogen-bond acceptors (Lipinski definition) is 3. The minimum atomic E-state index is 0.146. The number of aromatic nitrogens is 1. The molecule has 2 N–H and O–H groups in total. The molecule has 3 heteroatoms.